The number of nitrogens with one attached hydrogen (secondary N) is 2. The molecule has 0 aliphatic rings. The van der Waals surface area contributed by atoms with Gasteiger partial charge in [-0.05, 0) is 37.0 Å². The van der Waals surface area contributed by atoms with Crippen LogP contribution in [0.3, 0.4) is 0 Å². The summed E-state index contributed by atoms with van der Waals surface area (Å²) in [4.78, 5) is 15.9. The summed E-state index contributed by atoms with van der Waals surface area (Å²) in [6.07, 6.45) is 5.93. The lowest BCUT2D eigenvalue weighted by molar-refractivity contribution is -0.127. The summed E-state index contributed by atoms with van der Waals surface area (Å²) in [5, 5.41) is 11.7. The van der Waals surface area contributed by atoms with Gasteiger partial charge in [0.05, 0.1) is 12.2 Å². The van der Waals surface area contributed by atoms with Crippen molar-refractivity contribution in [2.45, 2.75) is 39.5 Å². The number of hydrogen-bond donors (Lipinski definition) is 3. The third kappa shape index (κ3) is 3.52. The molecular formula is C15H22N4O2. The first-order valence-electron chi connectivity index (χ1n) is 7.36. The fourth-order valence-electron chi connectivity index (χ4n) is 2.26. The van der Waals surface area contributed by atoms with Crippen LogP contribution in [0.1, 0.15) is 37.9 Å². The highest BCUT2D eigenvalue weighted by atomic mass is 16.5. The fourth-order valence-corrected chi connectivity index (χ4v) is 2.26. The van der Waals surface area contributed by atoms with E-state index in [0.717, 1.165) is 42.8 Å². The van der Waals surface area contributed by atoms with E-state index in [1.54, 1.807) is 5.48 Å². The van der Waals surface area contributed by atoms with E-state index in [1.807, 2.05) is 10.6 Å². The first kappa shape index (κ1) is 15.3. The molecule has 0 fully saturated rings. The van der Waals surface area contributed by atoms with Crippen LogP contribution in [-0.2, 0) is 17.6 Å². The number of nitrogens with zero attached hydrogens (tertiary/aromatic N) is 2. The number of imidazole rings is 1. The molecule has 0 radical (unpaired) electrons. The molecule has 6 heteroatoms. The van der Waals surface area contributed by atoms with Gasteiger partial charge in [-0.25, -0.2) is 10.5 Å². The van der Waals surface area contributed by atoms with Gasteiger partial charge in [0.15, 0.2) is 0 Å². The Morgan fingerprint density at radius 1 is 1.43 bits per heavy atom. The Bertz CT molecular complexity index is 621. The molecule has 0 aliphatic heterocycles. The van der Waals surface area contributed by atoms with E-state index < -0.39 is 5.91 Å². The average molecular weight is 290 g/mol. The predicted octanol–water partition coefficient (Wildman–Crippen LogP) is 2.16. The van der Waals surface area contributed by atoms with Gasteiger partial charge in [0, 0.05) is 6.20 Å². The van der Waals surface area contributed by atoms with Crippen LogP contribution in [0.15, 0.2) is 18.3 Å². The molecule has 2 aromatic rings. The van der Waals surface area contributed by atoms with Crippen LogP contribution < -0.4 is 10.8 Å². The number of rotatable bonds is 7. The summed E-state index contributed by atoms with van der Waals surface area (Å²) in [5.41, 5.74) is 4.69. The van der Waals surface area contributed by atoms with Crippen LogP contribution in [0.5, 0.6) is 0 Å². The van der Waals surface area contributed by atoms with Crippen molar-refractivity contribution in [1.82, 2.24) is 14.9 Å². The Morgan fingerprint density at radius 3 is 2.90 bits per heavy atom. The Kier molecular flexibility index (Phi) is 5.16. The average Bonchev–Trinajstić information content (AvgIpc) is 2.86. The molecule has 21 heavy (non-hydrogen) atoms. The summed E-state index contributed by atoms with van der Waals surface area (Å²) in [7, 11) is 0. The van der Waals surface area contributed by atoms with E-state index >= 15 is 0 Å². The topological polar surface area (TPSA) is 78.7 Å². The van der Waals surface area contributed by atoms with Gasteiger partial charge in [0.25, 0.3) is 5.91 Å². The fraction of sp³-hybridized carbons (Fsp3) is 0.467. The molecule has 0 spiro atoms. The third-order valence-electron chi connectivity index (χ3n) is 3.48. The zero-order chi connectivity index (χ0) is 15.2. The van der Waals surface area contributed by atoms with Crippen molar-refractivity contribution in [3.63, 3.8) is 0 Å². The molecule has 2 aromatic heterocycles. The number of hydrogen-bond acceptors (Lipinski definition) is 4. The first-order chi connectivity index (χ1) is 10.2. The van der Waals surface area contributed by atoms with Crippen molar-refractivity contribution in [3.05, 3.63) is 29.6 Å². The maximum atomic E-state index is 11.2. The molecule has 2 rings (SSSR count). The number of carbonyl (C=O) groups excluding carboxylic acids is 1. The lowest BCUT2D eigenvalue weighted by Crippen LogP contribution is -2.27. The maximum absolute atomic E-state index is 11.2. The van der Waals surface area contributed by atoms with Crippen LogP contribution in [0.25, 0.3) is 5.65 Å². The zero-order valence-electron chi connectivity index (χ0n) is 12.5. The number of aromatic nitrogens is 2. The van der Waals surface area contributed by atoms with E-state index in [9.17, 15) is 4.79 Å². The lowest BCUT2D eigenvalue weighted by atomic mass is 10.2. The second kappa shape index (κ2) is 7.08. The highest BCUT2D eigenvalue weighted by Gasteiger charge is 2.13. The van der Waals surface area contributed by atoms with Gasteiger partial charge >= 0.3 is 0 Å². The molecule has 0 unspecified atom stereocenters. The largest absolute Gasteiger partial charge is 0.360 e. The number of pyridine rings is 1. The third-order valence-corrected chi connectivity index (χ3v) is 3.48. The van der Waals surface area contributed by atoms with Gasteiger partial charge in [0.2, 0.25) is 0 Å². The second-order valence-electron chi connectivity index (χ2n) is 5.02. The van der Waals surface area contributed by atoms with Gasteiger partial charge in [-0.1, -0.05) is 20.3 Å². The molecule has 0 saturated carbocycles. The normalized spacial score (nSPS) is 10.8. The van der Waals surface area contributed by atoms with Crippen LogP contribution in [-0.4, -0.2) is 27.0 Å². The van der Waals surface area contributed by atoms with Crippen molar-refractivity contribution in [2.75, 3.05) is 11.9 Å². The van der Waals surface area contributed by atoms with Gasteiger partial charge in [-0.15, -0.1) is 0 Å². The molecule has 0 aliphatic carbocycles. The first-order valence-corrected chi connectivity index (χ1v) is 7.36. The highest BCUT2D eigenvalue weighted by Crippen LogP contribution is 2.21. The Morgan fingerprint density at radius 2 is 2.24 bits per heavy atom. The number of carbonyl (C=O) groups is 1. The standard InChI is InChI=1S/C15H22N4O2/c1-3-5-6-12-15(16-10-14(20)18-21)19-8-7-11(4-2)9-13(19)17-12/h7-9,16,21H,3-6,10H2,1-2H3,(H,18,20). The van der Waals surface area contributed by atoms with E-state index in [-0.39, 0.29) is 6.54 Å². The lowest BCUT2D eigenvalue weighted by Gasteiger charge is -2.07. The minimum atomic E-state index is -0.475. The predicted molar refractivity (Wildman–Crippen MR) is 81.6 cm³/mol. The molecule has 3 N–H and O–H groups in total. The number of hydroxylamine groups is 1. The van der Waals surface area contributed by atoms with Crippen LogP contribution in [0.4, 0.5) is 5.82 Å². The molecule has 0 atom stereocenters. The molecule has 6 nitrogen and oxygen atoms in total. The van der Waals surface area contributed by atoms with Crippen LogP contribution in [0.2, 0.25) is 0 Å². The summed E-state index contributed by atoms with van der Waals surface area (Å²) in [5.74, 6) is 0.348. The van der Waals surface area contributed by atoms with Gasteiger partial charge in [0.1, 0.15) is 11.5 Å². The summed E-state index contributed by atoms with van der Waals surface area (Å²) < 4.78 is 1.95. The molecule has 2 heterocycles. The van der Waals surface area contributed by atoms with E-state index in [4.69, 9.17) is 5.21 Å². The Balaban J connectivity index is 2.34. The van der Waals surface area contributed by atoms with E-state index in [1.165, 1.54) is 5.56 Å². The summed E-state index contributed by atoms with van der Waals surface area (Å²) >= 11 is 0. The molecule has 0 bridgehead atoms. The van der Waals surface area contributed by atoms with Crippen LogP contribution in [0, 0.1) is 0 Å². The number of aryl methyl sites for hydroxylation is 2. The smallest absolute Gasteiger partial charge is 0.262 e. The Hall–Kier alpha value is -2.08. The molecule has 114 valence electrons. The second-order valence-corrected chi connectivity index (χ2v) is 5.02. The quantitative estimate of drug-likeness (QED) is 0.539. The SMILES string of the molecule is CCCCc1nc2cc(CC)ccn2c1NCC(=O)NO. The molecular weight excluding hydrogens is 268 g/mol. The van der Waals surface area contributed by atoms with E-state index in [2.05, 4.69) is 36.3 Å². The van der Waals surface area contributed by atoms with E-state index in [0.29, 0.717) is 0 Å². The zero-order valence-corrected chi connectivity index (χ0v) is 12.5. The Labute approximate surface area is 124 Å². The van der Waals surface area contributed by atoms with Gasteiger partial charge < -0.3 is 5.32 Å². The van der Waals surface area contributed by atoms with Crippen LogP contribution >= 0.6 is 0 Å². The van der Waals surface area contributed by atoms with Crippen molar-refractivity contribution in [1.29, 1.82) is 0 Å². The highest BCUT2D eigenvalue weighted by molar-refractivity contribution is 5.79. The molecule has 1 amide bonds. The van der Waals surface area contributed by atoms with Crippen molar-refractivity contribution >= 4 is 17.4 Å². The number of unbranched alkanes of at least 4 members (excludes halogenated alkanes) is 1. The number of fused-ring (bicyclic) bond motifs is 1. The minimum Gasteiger partial charge on any atom is -0.360 e. The number of amides is 1. The van der Waals surface area contributed by atoms with Crippen molar-refractivity contribution < 1.29 is 10.0 Å². The minimum absolute atomic E-state index is 0.0128. The maximum Gasteiger partial charge on any atom is 0.262 e. The van der Waals surface area contributed by atoms with Gasteiger partial charge in [-0.3, -0.25) is 14.4 Å². The van der Waals surface area contributed by atoms with Gasteiger partial charge in [-0.2, -0.15) is 0 Å². The monoisotopic (exact) mass is 290 g/mol. The van der Waals surface area contributed by atoms with Crippen molar-refractivity contribution in [2.24, 2.45) is 0 Å². The van der Waals surface area contributed by atoms with Crippen molar-refractivity contribution in [3.8, 4) is 0 Å². The summed E-state index contributed by atoms with van der Waals surface area (Å²) in [6, 6.07) is 4.11. The molecule has 0 aromatic carbocycles. The number of anilines is 1. The summed E-state index contributed by atoms with van der Waals surface area (Å²) in [6.45, 7) is 4.26. The molecule has 0 saturated heterocycles.